The molecule has 746 valence electrons. The van der Waals surface area contributed by atoms with Crippen LogP contribution in [0.3, 0.4) is 0 Å². The summed E-state index contributed by atoms with van der Waals surface area (Å²) in [5.74, 6) is 3.63. The molecule has 40 heteroatoms. The summed E-state index contributed by atoms with van der Waals surface area (Å²) in [5.41, 5.74) is 13.7. The number of hydrogen-bond acceptors (Lipinski definition) is 30. The Morgan fingerprint density at radius 3 is 1.10 bits per heavy atom. The van der Waals surface area contributed by atoms with Crippen molar-refractivity contribution in [3.05, 3.63) is 192 Å². The number of anilines is 10. The topological polar surface area (TPSA) is 353 Å². The van der Waals surface area contributed by atoms with E-state index in [9.17, 15) is 26.4 Å². The smallest absolute Gasteiger partial charge is 0.405 e. The second kappa shape index (κ2) is 51.3. The van der Waals surface area contributed by atoms with E-state index in [0.717, 1.165) is 116 Å². The maximum Gasteiger partial charge on any atom is 0.405 e. The molecule has 0 saturated heterocycles. The first-order valence-corrected chi connectivity index (χ1v) is 52.5. The lowest BCUT2D eigenvalue weighted by atomic mass is 10.1. The van der Waals surface area contributed by atoms with Crippen LogP contribution >= 0.6 is 68.3 Å². The molecular weight excluding hydrogens is 1930 g/mol. The van der Waals surface area contributed by atoms with Gasteiger partial charge in [-0.15, -0.1) is 56.7 Å². The van der Waals surface area contributed by atoms with Crippen LogP contribution in [0.1, 0.15) is 145 Å². The van der Waals surface area contributed by atoms with E-state index in [2.05, 4.69) is 178 Å². The average molecular weight is 2050 g/mol. The second-order valence-electron chi connectivity index (χ2n) is 35.6. The van der Waals surface area contributed by atoms with Gasteiger partial charge in [0.2, 0.25) is 16.6 Å². The molecule has 0 saturated carbocycles. The summed E-state index contributed by atoms with van der Waals surface area (Å²) in [6, 6.07) is 35.9. The fourth-order valence-electron chi connectivity index (χ4n) is 13.1. The van der Waals surface area contributed by atoms with Crippen molar-refractivity contribution in [1.29, 1.82) is 0 Å². The predicted molar refractivity (Wildman–Crippen MR) is 583 cm³/mol. The van der Waals surface area contributed by atoms with Gasteiger partial charge in [-0.25, -0.2) is 73.0 Å². The Balaban J connectivity index is 0.000000180. The summed E-state index contributed by atoms with van der Waals surface area (Å²) in [5, 5.41) is 46.4. The van der Waals surface area contributed by atoms with E-state index in [0.29, 0.717) is 121 Å². The number of alkyl halides is 3. The van der Waals surface area contributed by atoms with Crippen molar-refractivity contribution < 1.29 is 40.5 Å². The fourth-order valence-corrected chi connectivity index (χ4v) is 18.2. The molecule has 0 spiro atoms. The molecule has 0 unspecified atom stereocenters. The van der Waals surface area contributed by atoms with Crippen LogP contribution in [0.15, 0.2) is 147 Å². The number of aromatic nitrogens is 10. The maximum absolute atomic E-state index is 12.5. The average Bonchev–Trinajstić information content (AvgIpc) is 1.75. The second-order valence-corrected chi connectivity index (χ2v) is 42.0. The number of nitrogens with zero attached hydrogens (tertiary/aromatic N) is 12. The number of H-pyrrole nitrogens is 1. The van der Waals surface area contributed by atoms with E-state index < -0.39 is 22.7 Å². The lowest BCUT2D eigenvalue weighted by molar-refractivity contribution is -0.115. The van der Waals surface area contributed by atoms with E-state index in [4.69, 9.17) is 65.2 Å². The molecule has 15 aromatic rings. The number of pyridine rings is 5. The number of fused-ring (bicyclic) bond motifs is 5. The molecule has 0 aliphatic heterocycles. The Bertz CT molecular complexity index is 7040. The molecule has 11 N–H and O–H groups in total. The third-order valence-corrected chi connectivity index (χ3v) is 23.3. The Morgan fingerprint density at radius 2 is 0.730 bits per heavy atom. The van der Waals surface area contributed by atoms with Gasteiger partial charge in [0.25, 0.3) is 13.3 Å². The van der Waals surface area contributed by atoms with E-state index in [1.54, 1.807) is 53.8 Å². The van der Waals surface area contributed by atoms with Crippen molar-refractivity contribution in [2.75, 3.05) is 91.8 Å². The zero-order chi connectivity index (χ0) is 103. The van der Waals surface area contributed by atoms with Crippen LogP contribution in [0.4, 0.5) is 67.3 Å². The van der Waals surface area contributed by atoms with Gasteiger partial charge in [0.1, 0.15) is 52.3 Å². The van der Waals surface area contributed by atoms with Crippen LogP contribution in [-0.4, -0.2) is 158 Å². The number of thiazole rings is 5. The summed E-state index contributed by atoms with van der Waals surface area (Å²) in [7, 11) is -3.37. The molecule has 30 nitrogen and oxygen atoms in total. The van der Waals surface area contributed by atoms with Gasteiger partial charge in [-0.3, -0.25) is 19.2 Å². The first-order valence-electron chi connectivity index (χ1n) is 45.8. The van der Waals surface area contributed by atoms with Gasteiger partial charge in [0, 0.05) is 131 Å². The van der Waals surface area contributed by atoms with Gasteiger partial charge in [0.15, 0.2) is 31.1 Å². The standard InChI is InChI=1S/C20H22ClN5OS.C20H23F3N4OS.C20H23N5OS.C19H24N4O3S2.C18H19N5OS.C4H10/c1-11(2)24-20-26-16(9-28-20)15-8-17(27-12(3)4)13-6-7-14(23-10-22-5)18(21)19(13)25-15;1-11(2)25-19-27-17(9-29-19)16-8-18(28-12(3)4)14-6-5-13(7-15(14)26-16)24-10-20(21,22)23;1-12(2)23-20-25-18(10-27-20)17-9-19(26-13(3)4)15-7-6-14(22-11-21-5)8-16(15)24-17;1-11(2)20-19-22-17(10-27-19)16-9-18(26-12(3)4)14-7-6-13(8-15(14)21-16)23-28(5,24)25;1-11(2)21-18-23-16(10-25-18)15-9-17(24)13-5-4-12(8-14(13)22-15)20-7-6-19-3;1-4(2)3/h6-9,11-12,23H,10H2,1-4H3,(H,24,26);5-9,11-12,24H,10H2,1-4H3,(H,25,27);6-10,12-13,22H,11H2,1-4H3,(H,23,25);6-12,23H,1-5H3,(H,20,22);4-5,8-11,20H,6-7H2,1-2H3,(H,21,23)(H,22,24);4H,1-3H3. The molecule has 10 heterocycles. The molecule has 15 rings (SSSR count). The lowest BCUT2D eigenvalue weighted by Crippen LogP contribution is -2.21. The van der Waals surface area contributed by atoms with Crippen molar-refractivity contribution in [3.63, 3.8) is 0 Å². The van der Waals surface area contributed by atoms with Crippen LogP contribution in [0.5, 0.6) is 23.0 Å². The number of benzene rings is 5. The van der Waals surface area contributed by atoms with Crippen molar-refractivity contribution >= 4 is 187 Å². The minimum absolute atomic E-state index is 0.00532. The monoisotopic (exact) mass is 2050 g/mol. The molecular formula is C101H121ClF3N23O7S6. The molecule has 0 aliphatic rings. The number of sulfonamides is 1. The number of hydrogen-bond donors (Lipinski definition) is 11. The highest BCUT2D eigenvalue weighted by atomic mass is 35.5. The van der Waals surface area contributed by atoms with Crippen LogP contribution in [-0.2, 0) is 10.0 Å². The third kappa shape index (κ3) is 34.1. The van der Waals surface area contributed by atoms with Crippen LogP contribution in [0.2, 0.25) is 5.02 Å². The quantitative estimate of drug-likeness (QED) is 0.0132. The molecule has 0 bridgehead atoms. The Kier molecular flexibility index (Phi) is 39.9. The lowest BCUT2D eigenvalue weighted by Gasteiger charge is -2.15. The predicted octanol–water partition coefficient (Wildman–Crippen LogP) is 26.9. The van der Waals surface area contributed by atoms with Crippen LogP contribution < -0.4 is 76.9 Å². The molecule has 0 atom stereocenters. The van der Waals surface area contributed by atoms with E-state index in [1.165, 1.54) is 45.3 Å². The van der Waals surface area contributed by atoms with Gasteiger partial charge in [-0.1, -0.05) is 32.4 Å². The number of rotatable bonds is 34. The largest absolute Gasteiger partial charge is 0.490 e. The van der Waals surface area contributed by atoms with Gasteiger partial charge in [-0.05, 0) is 215 Å². The van der Waals surface area contributed by atoms with E-state index >= 15 is 0 Å². The molecule has 10 aromatic heterocycles. The zero-order valence-corrected chi connectivity index (χ0v) is 88.5. The first kappa shape index (κ1) is 110. The Morgan fingerprint density at radius 1 is 0.397 bits per heavy atom. The summed E-state index contributed by atoms with van der Waals surface area (Å²) in [4.78, 5) is 67.6. The maximum atomic E-state index is 12.5. The summed E-state index contributed by atoms with van der Waals surface area (Å²) >= 11 is 14.2. The summed E-state index contributed by atoms with van der Waals surface area (Å²) in [6.45, 7) is 63.8. The van der Waals surface area contributed by atoms with Gasteiger partial charge in [-0.2, -0.15) is 13.2 Å². The molecule has 141 heavy (non-hydrogen) atoms. The first-order chi connectivity index (χ1) is 66.8. The molecule has 0 amide bonds. The van der Waals surface area contributed by atoms with Crippen LogP contribution in [0, 0.1) is 25.6 Å². The van der Waals surface area contributed by atoms with Crippen molar-refractivity contribution in [3.8, 4) is 79.9 Å². The number of aromatic amines is 1. The minimum atomic E-state index is -4.30. The van der Waals surface area contributed by atoms with Gasteiger partial charge in [0.05, 0.1) is 115 Å². The molecule has 5 aromatic carbocycles. The SMILES string of the molecule is CC(C)C.CC(C)Nc1nc(-c2cc(OC(C)C)c3ccc(NCC(F)(F)F)cc3n2)cs1.CC(C)Nc1nc(-c2cc(OC(C)C)c3ccc(NS(C)(=O)=O)cc3n2)cs1.[C-]#[N+]CCNc1ccc2c(=O)cc(-c3csc(NC(C)C)n3)[nH]c2c1.[C-]#[N+]CNc1ccc2c(OC(C)C)cc(-c3csc(NC(C)C)n3)nc2c1.[C-]#[N+]CNc1ccc2c(OC(C)C)cc(-c3csc(NC(C)C)n3)nc2c1Cl. The molecule has 0 aliphatic carbocycles. The molecule has 0 fully saturated rings. The Labute approximate surface area is 846 Å². The van der Waals surface area contributed by atoms with Crippen LogP contribution in [0.25, 0.3) is 126 Å². The highest BCUT2D eigenvalue weighted by Gasteiger charge is 2.28. The van der Waals surface area contributed by atoms with Crippen molar-refractivity contribution in [2.24, 2.45) is 5.92 Å². The third-order valence-electron chi connectivity index (χ3n) is 18.4. The zero-order valence-electron chi connectivity index (χ0n) is 82.9. The normalized spacial score (nSPS) is 11.3. The fraction of sp³-hybridized carbons (Fsp3) is 0.376. The Hall–Kier alpha value is -13.2. The minimum Gasteiger partial charge on any atom is -0.490 e. The van der Waals surface area contributed by atoms with Crippen molar-refractivity contribution in [1.82, 2.24) is 49.8 Å². The highest BCUT2D eigenvalue weighted by molar-refractivity contribution is 7.92. The number of nitrogens with one attached hydrogen (secondary N) is 11. The number of halogens is 4. The van der Waals surface area contributed by atoms with Gasteiger partial charge >= 0.3 is 6.18 Å². The molecule has 0 radical (unpaired) electrons. The summed E-state index contributed by atoms with van der Waals surface area (Å²) < 4.78 is 87.2. The number of ether oxygens (including phenoxy) is 4. The van der Waals surface area contributed by atoms with Crippen molar-refractivity contribution in [2.45, 2.75) is 206 Å². The van der Waals surface area contributed by atoms with E-state index in [1.807, 2.05) is 169 Å². The van der Waals surface area contributed by atoms with Gasteiger partial charge < -0.3 is 76.6 Å². The highest BCUT2D eigenvalue weighted by Crippen LogP contribution is 2.42. The summed E-state index contributed by atoms with van der Waals surface area (Å²) in [6.07, 6.45) is -3.20. The van der Waals surface area contributed by atoms with E-state index in [-0.39, 0.29) is 55.3 Å².